The van der Waals surface area contributed by atoms with Crippen molar-refractivity contribution in [3.8, 4) is 0 Å². The quantitative estimate of drug-likeness (QED) is 0.313. The van der Waals surface area contributed by atoms with Gasteiger partial charge in [0, 0.05) is 0 Å². The molecular formula is C29H38N2O7. The molecule has 0 fully saturated rings. The molecule has 2 aromatic rings. The van der Waals surface area contributed by atoms with Gasteiger partial charge in [0.15, 0.2) is 0 Å². The van der Waals surface area contributed by atoms with E-state index in [0.717, 1.165) is 11.1 Å². The van der Waals surface area contributed by atoms with Gasteiger partial charge in [-0.15, -0.1) is 0 Å². The molecule has 2 aromatic carbocycles. The van der Waals surface area contributed by atoms with Crippen LogP contribution in [0.4, 0.5) is 4.79 Å². The average molecular weight is 527 g/mol. The topological polar surface area (TPSA) is 120 Å². The molecule has 38 heavy (non-hydrogen) atoms. The summed E-state index contributed by atoms with van der Waals surface area (Å²) in [5.41, 5.74) is 0.781. The molecule has 0 aliphatic rings. The van der Waals surface area contributed by atoms with Crippen LogP contribution < -0.4 is 10.6 Å². The Morgan fingerprint density at radius 3 is 1.79 bits per heavy atom. The lowest BCUT2D eigenvalue weighted by molar-refractivity contribution is -0.155. The van der Waals surface area contributed by atoms with E-state index in [1.54, 1.807) is 45.0 Å². The molecule has 0 radical (unpaired) electrons. The van der Waals surface area contributed by atoms with Crippen LogP contribution in [0.5, 0.6) is 0 Å². The van der Waals surface area contributed by atoms with Crippen LogP contribution in [0.1, 0.15) is 58.6 Å². The largest absolute Gasteiger partial charge is 0.461 e. The van der Waals surface area contributed by atoms with Crippen LogP contribution in [0.2, 0.25) is 0 Å². The standard InChI is InChI=1S/C29H38N2O7/c1-20(2)16-23(31-28(35)38-29(3,4)5)26(33)30-24(27(34)37-19-22-14-10-7-11-15-22)17-25(32)36-18-21-12-8-6-9-13-21/h6-15,20,23-24H,16-19H2,1-5H3,(H,30,33)(H,31,35)/t23-,24-/m0/s1. The summed E-state index contributed by atoms with van der Waals surface area (Å²) < 4.78 is 16.0. The molecule has 0 saturated heterocycles. The molecule has 0 aromatic heterocycles. The van der Waals surface area contributed by atoms with Crippen molar-refractivity contribution in [2.24, 2.45) is 5.92 Å². The molecule has 2 atom stereocenters. The molecule has 9 heteroatoms. The maximum absolute atomic E-state index is 13.2. The highest BCUT2D eigenvalue weighted by Crippen LogP contribution is 2.12. The molecule has 206 valence electrons. The highest BCUT2D eigenvalue weighted by atomic mass is 16.6. The van der Waals surface area contributed by atoms with Crippen LogP contribution in [0, 0.1) is 5.92 Å². The Morgan fingerprint density at radius 1 is 0.763 bits per heavy atom. The van der Waals surface area contributed by atoms with Crippen LogP contribution in [-0.4, -0.2) is 41.6 Å². The second-order valence-electron chi connectivity index (χ2n) is 10.3. The van der Waals surface area contributed by atoms with Crippen molar-refractivity contribution in [2.75, 3.05) is 0 Å². The lowest BCUT2D eigenvalue weighted by atomic mass is 10.0. The first-order valence-corrected chi connectivity index (χ1v) is 12.6. The van der Waals surface area contributed by atoms with Gasteiger partial charge in [0.1, 0.15) is 30.9 Å². The van der Waals surface area contributed by atoms with E-state index in [2.05, 4.69) is 10.6 Å². The number of rotatable bonds is 12. The highest BCUT2D eigenvalue weighted by Gasteiger charge is 2.31. The summed E-state index contributed by atoms with van der Waals surface area (Å²) in [5, 5.41) is 5.14. The Hall–Kier alpha value is -3.88. The van der Waals surface area contributed by atoms with Crippen molar-refractivity contribution in [1.82, 2.24) is 10.6 Å². The Balaban J connectivity index is 2.11. The first-order valence-electron chi connectivity index (χ1n) is 12.6. The third kappa shape index (κ3) is 11.9. The molecule has 2 N–H and O–H groups in total. The zero-order valence-corrected chi connectivity index (χ0v) is 22.7. The molecule has 2 rings (SSSR count). The first-order chi connectivity index (χ1) is 17.9. The minimum Gasteiger partial charge on any atom is -0.461 e. The van der Waals surface area contributed by atoms with Crippen molar-refractivity contribution >= 4 is 23.9 Å². The zero-order chi connectivity index (χ0) is 28.1. The summed E-state index contributed by atoms with van der Waals surface area (Å²) in [4.78, 5) is 51.1. The molecule has 0 aliphatic carbocycles. The molecular weight excluding hydrogens is 488 g/mol. The summed E-state index contributed by atoms with van der Waals surface area (Å²) in [5.74, 6) is -2.07. The summed E-state index contributed by atoms with van der Waals surface area (Å²) >= 11 is 0. The highest BCUT2D eigenvalue weighted by molar-refractivity contribution is 5.91. The van der Waals surface area contributed by atoms with Gasteiger partial charge in [0.25, 0.3) is 0 Å². The Kier molecular flexibility index (Phi) is 11.8. The smallest absolute Gasteiger partial charge is 0.408 e. The van der Waals surface area contributed by atoms with Crippen LogP contribution in [0.3, 0.4) is 0 Å². The predicted molar refractivity (Wildman–Crippen MR) is 142 cm³/mol. The van der Waals surface area contributed by atoms with Gasteiger partial charge < -0.3 is 24.8 Å². The van der Waals surface area contributed by atoms with Crippen LogP contribution in [-0.2, 0) is 41.8 Å². The zero-order valence-electron chi connectivity index (χ0n) is 22.7. The predicted octanol–water partition coefficient (Wildman–Crippen LogP) is 4.29. The van der Waals surface area contributed by atoms with E-state index < -0.39 is 48.0 Å². The number of esters is 2. The van der Waals surface area contributed by atoms with Crippen molar-refractivity contribution < 1.29 is 33.4 Å². The Labute approximate surface area is 224 Å². The monoisotopic (exact) mass is 526 g/mol. The van der Waals surface area contributed by atoms with Crippen molar-refractivity contribution in [3.63, 3.8) is 0 Å². The van der Waals surface area contributed by atoms with E-state index in [9.17, 15) is 19.2 Å². The first kappa shape index (κ1) is 30.3. The lowest BCUT2D eigenvalue weighted by Crippen LogP contribution is -2.53. The van der Waals surface area contributed by atoms with Gasteiger partial charge in [-0.25, -0.2) is 9.59 Å². The van der Waals surface area contributed by atoms with Gasteiger partial charge in [-0.3, -0.25) is 9.59 Å². The molecule has 0 bridgehead atoms. The van der Waals surface area contributed by atoms with E-state index in [1.807, 2.05) is 50.2 Å². The minimum absolute atomic E-state index is 0.0234. The summed E-state index contributed by atoms with van der Waals surface area (Å²) in [7, 11) is 0. The van der Waals surface area contributed by atoms with Crippen molar-refractivity contribution in [3.05, 3.63) is 71.8 Å². The van der Waals surface area contributed by atoms with Gasteiger partial charge >= 0.3 is 18.0 Å². The van der Waals surface area contributed by atoms with E-state index in [1.165, 1.54) is 0 Å². The summed E-state index contributed by atoms with van der Waals surface area (Å²) in [6.45, 7) is 8.91. The summed E-state index contributed by atoms with van der Waals surface area (Å²) in [6.07, 6.45) is -0.911. The molecule has 0 spiro atoms. The molecule has 0 heterocycles. The van der Waals surface area contributed by atoms with Gasteiger partial charge in [-0.1, -0.05) is 74.5 Å². The van der Waals surface area contributed by atoms with E-state index >= 15 is 0 Å². The van der Waals surface area contributed by atoms with Crippen molar-refractivity contribution in [2.45, 2.75) is 78.4 Å². The number of benzene rings is 2. The van der Waals surface area contributed by atoms with E-state index in [-0.39, 0.29) is 25.6 Å². The number of amides is 2. The molecule has 0 aliphatic heterocycles. The van der Waals surface area contributed by atoms with Crippen LogP contribution >= 0.6 is 0 Å². The number of hydrogen-bond acceptors (Lipinski definition) is 7. The van der Waals surface area contributed by atoms with E-state index in [0.29, 0.717) is 0 Å². The van der Waals surface area contributed by atoms with Crippen molar-refractivity contribution in [1.29, 1.82) is 0 Å². The number of nitrogens with one attached hydrogen (secondary N) is 2. The Bertz CT molecular complexity index is 1050. The minimum atomic E-state index is -1.32. The molecule has 2 amide bonds. The maximum Gasteiger partial charge on any atom is 0.408 e. The number of alkyl carbamates (subject to hydrolysis) is 1. The maximum atomic E-state index is 13.2. The third-order valence-corrected chi connectivity index (χ3v) is 5.15. The van der Waals surface area contributed by atoms with E-state index in [4.69, 9.17) is 14.2 Å². The average Bonchev–Trinajstić information content (AvgIpc) is 2.85. The van der Waals surface area contributed by atoms with Gasteiger partial charge in [0.2, 0.25) is 5.91 Å². The normalized spacial score (nSPS) is 12.7. The lowest BCUT2D eigenvalue weighted by Gasteiger charge is -2.25. The number of carbonyl (C=O) groups is 4. The fraction of sp³-hybridized carbons (Fsp3) is 0.448. The van der Waals surface area contributed by atoms with Crippen LogP contribution in [0.25, 0.3) is 0 Å². The third-order valence-electron chi connectivity index (χ3n) is 5.15. The fourth-order valence-electron chi connectivity index (χ4n) is 3.41. The second kappa shape index (κ2) is 14.8. The van der Waals surface area contributed by atoms with Gasteiger partial charge in [-0.2, -0.15) is 0 Å². The van der Waals surface area contributed by atoms with Crippen LogP contribution in [0.15, 0.2) is 60.7 Å². The molecule has 0 unspecified atom stereocenters. The fourth-order valence-corrected chi connectivity index (χ4v) is 3.41. The number of hydrogen-bond donors (Lipinski definition) is 2. The Morgan fingerprint density at radius 2 is 1.29 bits per heavy atom. The SMILES string of the molecule is CC(C)C[C@H](NC(=O)OC(C)(C)C)C(=O)N[C@@H](CC(=O)OCc1ccccc1)C(=O)OCc1ccccc1. The van der Waals surface area contributed by atoms with Gasteiger partial charge in [0.05, 0.1) is 6.42 Å². The number of carbonyl (C=O) groups excluding carboxylic acids is 4. The van der Waals surface area contributed by atoms with Gasteiger partial charge in [-0.05, 0) is 44.2 Å². The summed E-state index contributed by atoms with van der Waals surface area (Å²) in [6, 6.07) is 15.8. The second-order valence-corrected chi connectivity index (χ2v) is 10.3. The number of ether oxygens (including phenoxy) is 3. The molecule has 0 saturated carbocycles. The molecule has 9 nitrogen and oxygen atoms in total.